The normalized spacial score (nSPS) is 15.4. The number of benzene rings is 2. The molecule has 2 N–H and O–H groups in total. The summed E-state index contributed by atoms with van der Waals surface area (Å²) in [5.74, 6) is 0.407. The summed E-state index contributed by atoms with van der Waals surface area (Å²) < 4.78 is 13.7. The minimum atomic E-state index is -1.19. The predicted octanol–water partition coefficient (Wildman–Crippen LogP) is 3.49. The third-order valence-electron chi connectivity index (χ3n) is 5.31. The van der Waals surface area contributed by atoms with Gasteiger partial charge in [-0.2, -0.15) is 0 Å². The maximum Gasteiger partial charge on any atom is 0.238 e. The van der Waals surface area contributed by atoms with Crippen molar-refractivity contribution in [3.05, 3.63) is 65.2 Å². The van der Waals surface area contributed by atoms with Crippen molar-refractivity contribution in [1.82, 2.24) is 15.2 Å². The predicted molar refractivity (Wildman–Crippen MR) is 132 cm³/mol. The van der Waals surface area contributed by atoms with Gasteiger partial charge in [-0.25, -0.2) is 4.98 Å². The van der Waals surface area contributed by atoms with E-state index in [4.69, 9.17) is 0 Å². The van der Waals surface area contributed by atoms with Gasteiger partial charge in [0.25, 0.3) is 0 Å². The van der Waals surface area contributed by atoms with E-state index in [-0.39, 0.29) is 11.7 Å². The van der Waals surface area contributed by atoms with Crippen LogP contribution in [0.3, 0.4) is 0 Å². The Morgan fingerprint density at radius 3 is 2.50 bits per heavy atom. The lowest BCUT2D eigenvalue weighted by Crippen LogP contribution is -2.51. The molecule has 6 nitrogen and oxygen atoms in total. The quantitative estimate of drug-likeness (QED) is 0.445. The van der Waals surface area contributed by atoms with Crippen molar-refractivity contribution in [2.75, 3.05) is 19.8 Å². The van der Waals surface area contributed by atoms with Crippen LogP contribution in [0.2, 0.25) is 0 Å². The van der Waals surface area contributed by atoms with Crippen molar-refractivity contribution in [3.8, 4) is 0 Å². The molecule has 4 atom stereocenters. The Kier molecular flexibility index (Phi) is 8.92. The van der Waals surface area contributed by atoms with Gasteiger partial charge in [0.2, 0.25) is 5.91 Å². The summed E-state index contributed by atoms with van der Waals surface area (Å²) in [4.78, 5) is 19.5. The number of para-hydroxylation sites is 1. The number of amides is 1. The summed E-state index contributed by atoms with van der Waals surface area (Å²) in [6.45, 7) is 2.02. The van der Waals surface area contributed by atoms with Crippen LogP contribution in [0.4, 0.5) is 0 Å². The molecule has 1 aromatic heterocycles. The molecule has 8 heteroatoms. The second kappa shape index (κ2) is 11.7. The first-order valence-electron chi connectivity index (χ1n) is 10.8. The first-order valence-corrected chi connectivity index (χ1v) is 13.1. The molecule has 0 aliphatic heterocycles. The molecule has 0 spiro atoms. The molecule has 3 rings (SSSR count). The molecule has 0 saturated carbocycles. The van der Waals surface area contributed by atoms with E-state index in [1.165, 1.54) is 11.3 Å². The van der Waals surface area contributed by atoms with Crippen molar-refractivity contribution in [1.29, 1.82) is 0 Å². The molecule has 3 aromatic rings. The molecule has 0 aliphatic rings. The van der Waals surface area contributed by atoms with Gasteiger partial charge in [0, 0.05) is 22.3 Å². The van der Waals surface area contributed by atoms with Gasteiger partial charge in [0.05, 0.1) is 16.3 Å². The molecule has 0 radical (unpaired) electrons. The number of aliphatic hydroxyl groups excluding tert-OH is 1. The van der Waals surface area contributed by atoms with Gasteiger partial charge in [-0.3, -0.25) is 13.9 Å². The first kappa shape index (κ1) is 24.5. The summed E-state index contributed by atoms with van der Waals surface area (Å²) in [7, 11) is 2.42. The second-order valence-corrected chi connectivity index (χ2v) is 10.6. The van der Waals surface area contributed by atoms with Crippen LogP contribution in [0.25, 0.3) is 10.2 Å². The maximum absolute atomic E-state index is 13.2. The van der Waals surface area contributed by atoms with Crippen LogP contribution in [0.1, 0.15) is 36.4 Å². The summed E-state index contributed by atoms with van der Waals surface area (Å²) in [5, 5.41) is 14.6. The summed E-state index contributed by atoms with van der Waals surface area (Å²) >= 11 is 1.44. The standard InChI is InChI=1S/C24H31N3O3S2/c1-4-10-19(22(28)24-26-18-13-8-9-14-21(18)31-24)25-23(29)20(27(2)3)16-32(30)15-17-11-6-5-7-12-17/h5-9,11-14,19-20,22,28H,4,10,15-16H2,1-3H3,(H,25,29). The van der Waals surface area contributed by atoms with Crippen molar-refractivity contribution in [3.63, 3.8) is 0 Å². The SMILES string of the molecule is CCCC(NC(=O)C(CS(=O)Cc1ccccc1)N(C)C)C(O)c1nc2ccccc2s1. The Morgan fingerprint density at radius 1 is 1.16 bits per heavy atom. The van der Waals surface area contributed by atoms with Crippen LogP contribution in [0.15, 0.2) is 54.6 Å². The summed E-state index contributed by atoms with van der Waals surface area (Å²) in [6.07, 6.45) is 0.532. The number of carbonyl (C=O) groups is 1. The number of fused-ring (bicyclic) bond motifs is 1. The molecular formula is C24H31N3O3S2. The zero-order valence-electron chi connectivity index (χ0n) is 18.7. The number of aromatic nitrogens is 1. The Hall–Kier alpha value is -2.13. The van der Waals surface area contributed by atoms with E-state index in [9.17, 15) is 14.1 Å². The third-order valence-corrected chi connectivity index (χ3v) is 7.76. The van der Waals surface area contributed by atoms with E-state index in [1.807, 2.05) is 75.6 Å². The molecule has 1 amide bonds. The lowest BCUT2D eigenvalue weighted by molar-refractivity contribution is -0.126. The second-order valence-electron chi connectivity index (χ2n) is 8.08. The van der Waals surface area contributed by atoms with Crippen LogP contribution in [-0.4, -0.2) is 57.0 Å². The zero-order valence-corrected chi connectivity index (χ0v) is 20.4. The maximum atomic E-state index is 13.2. The lowest BCUT2D eigenvalue weighted by Gasteiger charge is -2.28. The highest BCUT2D eigenvalue weighted by Gasteiger charge is 2.30. The molecule has 0 fully saturated rings. The van der Waals surface area contributed by atoms with Crippen LogP contribution in [0.5, 0.6) is 0 Å². The number of nitrogens with zero attached hydrogens (tertiary/aromatic N) is 2. The summed E-state index contributed by atoms with van der Waals surface area (Å²) in [5.41, 5.74) is 1.83. The number of hydrogen-bond acceptors (Lipinski definition) is 6. The lowest BCUT2D eigenvalue weighted by atomic mass is 10.1. The molecule has 4 unspecified atom stereocenters. The number of rotatable bonds is 11. The number of nitrogens with one attached hydrogen (secondary N) is 1. The summed E-state index contributed by atoms with van der Waals surface area (Å²) in [6, 6.07) is 16.4. The molecule has 0 saturated heterocycles. The number of likely N-dealkylation sites (N-methyl/N-ethyl adjacent to an activating group) is 1. The fraction of sp³-hybridized carbons (Fsp3) is 0.417. The number of carbonyl (C=O) groups excluding carboxylic acids is 1. The van der Waals surface area contributed by atoms with Gasteiger partial charge in [0.15, 0.2) is 0 Å². The van der Waals surface area contributed by atoms with E-state index in [1.54, 1.807) is 4.90 Å². The molecule has 0 bridgehead atoms. The molecular weight excluding hydrogens is 442 g/mol. The monoisotopic (exact) mass is 473 g/mol. The van der Waals surface area contributed by atoms with Crippen molar-refractivity contribution >= 4 is 38.3 Å². The van der Waals surface area contributed by atoms with E-state index >= 15 is 0 Å². The number of thiazole rings is 1. The topological polar surface area (TPSA) is 82.5 Å². The van der Waals surface area contributed by atoms with Crippen LogP contribution < -0.4 is 5.32 Å². The highest BCUT2D eigenvalue weighted by molar-refractivity contribution is 7.84. The van der Waals surface area contributed by atoms with Gasteiger partial charge in [-0.05, 0) is 38.2 Å². The van der Waals surface area contributed by atoms with E-state index in [0.717, 1.165) is 22.2 Å². The van der Waals surface area contributed by atoms with Crippen LogP contribution in [0, 0.1) is 0 Å². The molecule has 172 valence electrons. The smallest absolute Gasteiger partial charge is 0.238 e. The molecule has 1 heterocycles. The van der Waals surface area contributed by atoms with Gasteiger partial charge in [-0.15, -0.1) is 11.3 Å². The Labute approximate surface area is 196 Å². The van der Waals surface area contributed by atoms with Crippen LogP contribution >= 0.6 is 11.3 Å². The minimum absolute atomic E-state index is 0.226. The van der Waals surface area contributed by atoms with Crippen molar-refractivity contribution in [2.45, 2.75) is 43.7 Å². The Morgan fingerprint density at radius 2 is 1.84 bits per heavy atom. The van der Waals surface area contributed by atoms with Gasteiger partial charge >= 0.3 is 0 Å². The minimum Gasteiger partial charge on any atom is -0.384 e. The van der Waals surface area contributed by atoms with Gasteiger partial charge < -0.3 is 10.4 Å². The van der Waals surface area contributed by atoms with Gasteiger partial charge in [0.1, 0.15) is 17.2 Å². The van der Waals surface area contributed by atoms with Crippen molar-refractivity contribution in [2.24, 2.45) is 0 Å². The average molecular weight is 474 g/mol. The number of hydrogen-bond donors (Lipinski definition) is 2. The molecule has 32 heavy (non-hydrogen) atoms. The Bertz CT molecular complexity index is 1010. The van der Waals surface area contributed by atoms with Crippen molar-refractivity contribution < 1.29 is 14.1 Å². The number of aliphatic hydroxyl groups is 1. The molecule has 2 aromatic carbocycles. The zero-order chi connectivity index (χ0) is 23.1. The third kappa shape index (κ3) is 6.45. The van der Waals surface area contributed by atoms with E-state index < -0.39 is 29.0 Å². The van der Waals surface area contributed by atoms with E-state index in [0.29, 0.717) is 17.2 Å². The highest BCUT2D eigenvalue weighted by atomic mass is 32.2. The molecule has 0 aliphatic carbocycles. The van der Waals surface area contributed by atoms with Crippen LogP contribution in [-0.2, 0) is 21.3 Å². The largest absolute Gasteiger partial charge is 0.384 e. The van der Waals surface area contributed by atoms with E-state index in [2.05, 4.69) is 10.3 Å². The fourth-order valence-corrected chi connectivity index (χ4v) is 6.04. The first-order chi connectivity index (χ1) is 15.4. The fourth-order valence-electron chi connectivity index (χ4n) is 3.54. The average Bonchev–Trinajstić information content (AvgIpc) is 3.21. The highest BCUT2D eigenvalue weighted by Crippen LogP contribution is 2.29. The van der Waals surface area contributed by atoms with Gasteiger partial charge in [-0.1, -0.05) is 55.8 Å². The Balaban J connectivity index is 1.69.